The minimum Gasteiger partial charge on any atom is -0.394 e. The number of fused-ring (bicyclic) bond motifs is 1. The number of amides is 1. The van der Waals surface area contributed by atoms with Crippen LogP contribution in [-0.2, 0) is 6.54 Å². The van der Waals surface area contributed by atoms with Crippen molar-refractivity contribution in [1.29, 1.82) is 0 Å². The number of piperidine rings is 2. The van der Waals surface area contributed by atoms with Gasteiger partial charge in [-0.2, -0.15) is 0 Å². The van der Waals surface area contributed by atoms with Crippen LogP contribution in [0.4, 0.5) is 0 Å². The van der Waals surface area contributed by atoms with E-state index < -0.39 is 0 Å². The first-order chi connectivity index (χ1) is 16.6. The van der Waals surface area contributed by atoms with E-state index in [4.69, 9.17) is 0 Å². The summed E-state index contributed by atoms with van der Waals surface area (Å²) in [6, 6.07) is 14.8. The fraction of sp³-hybridized carbons (Fsp3) is 0.483. The Balaban J connectivity index is 1.37. The van der Waals surface area contributed by atoms with Gasteiger partial charge in [0, 0.05) is 29.6 Å². The molecule has 2 aliphatic heterocycles. The van der Waals surface area contributed by atoms with E-state index in [1.54, 1.807) is 0 Å². The number of aryl methyl sites for hydroxylation is 2. The van der Waals surface area contributed by atoms with Crippen LogP contribution in [-0.4, -0.2) is 58.1 Å². The third kappa shape index (κ3) is 4.39. The van der Waals surface area contributed by atoms with Crippen LogP contribution in [0.5, 0.6) is 0 Å². The summed E-state index contributed by atoms with van der Waals surface area (Å²) >= 11 is 0. The molecule has 180 valence electrons. The summed E-state index contributed by atoms with van der Waals surface area (Å²) in [6.45, 7) is 8.08. The van der Waals surface area contributed by atoms with Crippen LogP contribution in [0.1, 0.15) is 70.8 Å². The molecule has 0 saturated carbocycles. The molecule has 3 heterocycles. The lowest BCUT2D eigenvalue weighted by Gasteiger charge is -2.35. The molecule has 1 aromatic heterocycles. The molecule has 0 radical (unpaired) electrons. The number of aliphatic hydroxyl groups excluding tert-OH is 1. The van der Waals surface area contributed by atoms with Gasteiger partial charge in [-0.3, -0.25) is 9.69 Å². The number of hydrogen-bond donors (Lipinski definition) is 2. The van der Waals surface area contributed by atoms with Crippen molar-refractivity contribution in [2.24, 2.45) is 0 Å². The van der Waals surface area contributed by atoms with Gasteiger partial charge in [-0.15, -0.1) is 0 Å². The zero-order valence-corrected chi connectivity index (χ0v) is 20.5. The Kier molecular flexibility index (Phi) is 6.75. The standard InChI is InChI=1S/C29H37N3O2/c1-20-8-7-9-21(2)27(20)22-13-16-31(17-14-22)18-25-24-11-3-4-12-26(24)30-28(25)29(34)32-15-6-5-10-23(32)19-33/h3-4,7-9,11-12,22-23,30,33H,5-6,10,13-19H2,1-2H3. The first-order valence-electron chi connectivity index (χ1n) is 12.9. The van der Waals surface area contributed by atoms with Crippen molar-refractivity contribution in [3.63, 3.8) is 0 Å². The van der Waals surface area contributed by atoms with Gasteiger partial charge in [0.15, 0.2) is 0 Å². The van der Waals surface area contributed by atoms with Gasteiger partial charge in [0.1, 0.15) is 5.69 Å². The Morgan fingerprint density at radius 2 is 1.71 bits per heavy atom. The zero-order chi connectivity index (χ0) is 23.7. The fourth-order valence-electron chi connectivity index (χ4n) is 6.22. The highest BCUT2D eigenvalue weighted by Gasteiger charge is 2.31. The number of rotatable bonds is 5. The summed E-state index contributed by atoms with van der Waals surface area (Å²) in [7, 11) is 0. The normalized spacial score (nSPS) is 20.2. The second-order valence-corrected chi connectivity index (χ2v) is 10.2. The molecule has 2 fully saturated rings. The van der Waals surface area contributed by atoms with Gasteiger partial charge in [0.25, 0.3) is 5.91 Å². The van der Waals surface area contributed by atoms with Gasteiger partial charge in [-0.05, 0) is 87.7 Å². The molecule has 5 rings (SSSR count). The van der Waals surface area contributed by atoms with Gasteiger partial charge in [-0.1, -0.05) is 36.4 Å². The van der Waals surface area contributed by atoms with Crippen molar-refractivity contribution in [1.82, 2.24) is 14.8 Å². The molecule has 1 atom stereocenters. The fourth-order valence-corrected chi connectivity index (χ4v) is 6.22. The predicted molar refractivity (Wildman–Crippen MR) is 137 cm³/mol. The Bertz CT molecular complexity index is 1140. The van der Waals surface area contributed by atoms with Crippen molar-refractivity contribution in [2.75, 3.05) is 26.2 Å². The molecular formula is C29H37N3O2. The highest BCUT2D eigenvalue weighted by molar-refractivity contribution is 6.01. The van der Waals surface area contributed by atoms with E-state index in [0.717, 1.165) is 74.7 Å². The molecule has 5 nitrogen and oxygen atoms in total. The minimum absolute atomic E-state index is 0.0349. The number of benzene rings is 2. The number of likely N-dealkylation sites (tertiary alicyclic amines) is 2. The third-order valence-electron chi connectivity index (χ3n) is 8.05. The summed E-state index contributed by atoms with van der Waals surface area (Å²) in [5, 5.41) is 11.0. The van der Waals surface area contributed by atoms with Crippen LogP contribution in [0.15, 0.2) is 42.5 Å². The lowest BCUT2D eigenvalue weighted by Crippen LogP contribution is -2.46. The molecule has 2 saturated heterocycles. The number of carbonyl (C=O) groups excluding carboxylic acids is 1. The van der Waals surface area contributed by atoms with Gasteiger partial charge in [0.05, 0.1) is 12.6 Å². The lowest BCUT2D eigenvalue weighted by atomic mass is 9.84. The highest BCUT2D eigenvalue weighted by atomic mass is 16.3. The monoisotopic (exact) mass is 459 g/mol. The summed E-state index contributed by atoms with van der Waals surface area (Å²) in [4.78, 5) is 21.5. The number of nitrogens with zero attached hydrogens (tertiary/aromatic N) is 2. The van der Waals surface area contributed by atoms with Crippen molar-refractivity contribution in [3.8, 4) is 0 Å². The molecular weight excluding hydrogens is 422 g/mol. The molecule has 34 heavy (non-hydrogen) atoms. The maximum absolute atomic E-state index is 13.7. The van der Waals surface area contributed by atoms with Crippen LogP contribution in [0.25, 0.3) is 10.9 Å². The number of aliphatic hydroxyl groups is 1. The number of carbonyl (C=O) groups is 1. The Hall–Kier alpha value is -2.63. The summed E-state index contributed by atoms with van der Waals surface area (Å²) in [5.41, 5.74) is 7.17. The van der Waals surface area contributed by atoms with E-state index in [2.05, 4.69) is 60.1 Å². The number of hydrogen-bond acceptors (Lipinski definition) is 3. The van der Waals surface area contributed by atoms with Crippen molar-refractivity contribution in [3.05, 3.63) is 70.4 Å². The van der Waals surface area contributed by atoms with E-state index in [1.165, 1.54) is 16.7 Å². The smallest absolute Gasteiger partial charge is 0.270 e. The molecule has 0 bridgehead atoms. The average Bonchev–Trinajstić information content (AvgIpc) is 3.23. The molecule has 1 unspecified atom stereocenters. The van der Waals surface area contributed by atoms with E-state index in [1.807, 2.05) is 11.0 Å². The zero-order valence-electron chi connectivity index (χ0n) is 20.5. The second-order valence-electron chi connectivity index (χ2n) is 10.2. The topological polar surface area (TPSA) is 59.6 Å². The van der Waals surface area contributed by atoms with Crippen LogP contribution in [0.2, 0.25) is 0 Å². The quantitative estimate of drug-likeness (QED) is 0.555. The van der Waals surface area contributed by atoms with Crippen molar-refractivity contribution < 1.29 is 9.90 Å². The highest BCUT2D eigenvalue weighted by Crippen LogP contribution is 2.34. The minimum atomic E-state index is -0.0754. The molecule has 0 aliphatic carbocycles. The van der Waals surface area contributed by atoms with E-state index >= 15 is 0 Å². The van der Waals surface area contributed by atoms with Crippen LogP contribution >= 0.6 is 0 Å². The molecule has 3 aromatic rings. The van der Waals surface area contributed by atoms with E-state index in [0.29, 0.717) is 11.6 Å². The average molecular weight is 460 g/mol. The molecule has 2 aromatic carbocycles. The Morgan fingerprint density at radius 3 is 2.44 bits per heavy atom. The van der Waals surface area contributed by atoms with Gasteiger partial charge in [0.2, 0.25) is 0 Å². The first kappa shape index (κ1) is 23.1. The van der Waals surface area contributed by atoms with Gasteiger partial charge in [-0.25, -0.2) is 0 Å². The SMILES string of the molecule is Cc1cccc(C)c1C1CCN(Cc2c(C(=O)N3CCCCC3CO)[nH]c3ccccc23)CC1. The van der Waals surface area contributed by atoms with Crippen molar-refractivity contribution >= 4 is 16.8 Å². The number of nitrogens with one attached hydrogen (secondary N) is 1. The molecule has 2 N–H and O–H groups in total. The lowest BCUT2D eigenvalue weighted by molar-refractivity contribution is 0.0496. The number of H-pyrrole nitrogens is 1. The maximum atomic E-state index is 13.7. The number of para-hydroxylation sites is 1. The van der Waals surface area contributed by atoms with Gasteiger partial charge >= 0.3 is 0 Å². The van der Waals surface area contributed by atoms with Crippen LogP contribution in [0, 0.1) is 13.8 Å². The van der Waals surface area contributed by atoms with E-state index in [9.17, 15) is 9.90 Å². The predicted octanol–water partition coefficient (Wildman–Crippen LogP) is 5.15. The van der Waals surface area contributed by atoms with Gasteiger partial charge < -0.3 is 15.0 Å². The molecule has 1 amide bonds. The largest absolute Gasteiger partial charge is 0.394 e. The number of aromatic nitrogens is 1. The molecule has 2 aliphatic rings. The Labute approximate surface area is 202 Å². The maximum Gasteiger partial charge on any atom is 0.270 e. The van der Waals surface area contributed by atoms with E-state index in [-0.39, 0.29) is 18.6 Å². The summed E-state index contributed by atoms with van der Waals surface area (Å²) in [6.07, 6.45) is 5.25. The van der Waals surface area contributed by atoms with Crippen molar-refractivity contribution in [2.45, 2.75) is 64.5 Å². The Morgan fingerprint density at radius 1 is 0.971 bits per heavy atom. The summed E-state index contributed by atoms with van der Waals surface area (Å²) in [5.74, 6) is 0.649. The molecule has 5 heteroatoms. The summed E-state index contributed by atoms with van der Waals surface area (Å²) < 4.78 is 0. The second kappa shape index (κ2) is 9.93. The third-order valence-corrected chi connectivity index (χ3v) is 8.05. The van der Waals surface area contributed by atoms with Crippen LogP contribution < -0.4 is 0 Å². The number of aromatic amines is 1. The first-order valence-corrected chi connectivity index (χ1v) is 12.9. The van der Waals surface area contributed by atoms with Crippen LogP contribution in [0.3, 0.4) is 0 Å². The molecule has 0 spiro atoms.